The molecule has 2 aromatic rings. The van der Waals surface area contributed by atoms with Gasteiger partial charge < -0.3 is 9.40 Å². The van der Waals surface area contributed by atoms with Crippen LogP contribution in [0.5, 0.6) is 0 Å². The quantitative estimate of drug-likeness (QED) is 0.811. The topological polar surface area (TPSA) is 54.7 Å². The molecule has 0 atom stereocenters. The van der Waals surface area contributed by atoms with Crippen molar-refractivity contribution in [2.75, 3.05) is 0 Å². The minimum atomic E-state index is 0.593. The number of nitrogens with one attached hydrogen (secondary N) is 1. The summed E-state index contributed by atoms with van der Waals surface area (Å²) in [7, 11) is 0. The zero-order valence-electron chi connectivity index (χ0n) is 7.24. The molecule has 0 radical (unpaired) electrons. The molecule has 0 aliphatic carbocycles. The first-order valence-corrected chi connectivity index (χ1v) is 5.04. The molecule has 4 nitrogen and oxygen atoms in total. The lowest BCUT2D eigenvalue weighted by Gasteiger charge is -1.95. The maximum atomic E-state index is 5.07. The minimum Gasteiger partial charge on any atom is -0.449 e. The zero-order valence-corrected chi connectivity index (χ0v) is 9.65. The van der Waals surface area contributed by atoms with Gasteiger partial charge in [-0.1, -0.05) is 12.2 Å². The number of hydrogen-bond donors (Lipinski definition) is 1. The molecule has 0 fully saturated rings. The van der Waals surface area contributed by atoms with E-state index in [1.807, 2.05) is 0 Å². The molecule has 1 N–H and O–H groups in total. The second kappa shape index (κ2) is 3.62. The SMILES string of the molecule is Cc1nc(-c2ncc(Br)c(=S)[nH]2)co1. The fraction of sp³-hybridized carbons (Fsp3) is 0.125. The Kier molecular flexibility index (Phi) is 2.47. The van der Waals surface area contributed by atoms with Crippen LogP contribution in [0.4, 0.5) is 0 Å². The van der Waals surface area contributed by atoms with Crippen molar-refractivity contribution in [3.8, 4) is 11.5 Å². The number of oxazole rings is 1. The first kappa shape index (κ1) is 9.54. The van der Waals surface area contributed by atoms with E-state index in [0.717, 1.165) is 4.47 Å². The van der Waals surface area contributed by atoms with E-state index >= 15 is 0 Å². The van der Waals surface area contributed by atoms with Gasteiger partial charge in [-0.25, -0.2) is 9.97 Å². The van der Waals surface area contributed by atoms with Gasteiger partial charge in [-0.15, -0.1) is 0 Å². The molecular formula is C8H6BrN3OS. The van der Waals surface area contributed by atoms with Crippen molar-refractivity contribution >= 4 is 28.1 Å². The number of H-pyrrole nitrogens is 1. The van der Waals surface area contributed by atoms with Gasteiger partial charge in [-0.2, -0.15) is 0 Å². The van der Waals surface area contributed by atoms with Gasteiger partial charge in [0.05, 0.1) is 4.47 Å². The Morgan fingerprint density at radius 3 is 2.93 bits per heavy atom. The summed E-state index contributed by atoms with van der Waals surface area (Å²) in [4.78, 5) is 11.2. The van der Waals surface area contributed by atoms with Gasteiger partial charge in [0, 0.05) is 13.1 Å². The molecule has 2 heterocycles. The number of aromatic nitrogens is 3. The average molecular weight is 272 g/mol. The predicted molar refractivity (Wildman–Crippen MR) is 57.4 cm³/mol. The highest BCUT2D eigenvalue weighted by Gasteiger charge is 2.05. The standard InChI is InChI=1S/C8H6BrN3OS/c1-4-11-6(3-13-4)7-10-2-5(9)8(14)12-7/h2-3H,1H3,(H,10,12,14). The summed E-state index contributed by atoms with van der Waals surface area (Å²) in [5.74, 6) is 1.21. The fourth-order valence-corrected chi connectivity index (χ4v) is 1.33. The minimum absolute atomic E-state index is 0.593. The van der Waals surface area contributed by atoms with Gasteiger partial charge in [-0.3, -0.25) is 0 Å². The van der Waals surface area contributed by atoms with Crippen LogP contribution in [0.25, 0.3) is 11.5 Å². The van der Waals surface area contributed by atoms with E-state index in [9.17, 15) is 0 Å². The van der Waals surface area contributed by atoms with Gasteiger partial charge in [0.2, 0.25) is 0 Å². The smallest absolute Gasteiger partial charge is 0.191 e. The Bertz CT molecular complexity index is 519. The van der Waals surface area contributed by atoms with Crippen molar-refractivity contribution in [3.63, 3.8) is 0 Å². The van der Waals surface area contributed by atoms with E-state index in [0.29, 0.717) is 22.0 Å². The van der Waals surface area contributed by atoms with E-state index in [2.05, 4.69) is 30.9 Å². The summed E-state index contributed by atoms with van der Waals surface area (Å²) < 4.78 is 6.43. The number of aromatic amines is 1. The lowest BCUT2D eigenvalue weighted by atomic mass is 10.4. The van der Waals surface area contributed by atoms with Crippen molar-refractivity contribution in [2.45, 2.75) is 6.92 Å². The molecule has 2 rings (SSSR count). The van der Waals surface area contributed by atoms with Crippen molar-refractivity contribution in [2.24, 2.45) is 0 Å². The third-order valence-corrected chi connectivity index (χ3v) is 2.80. The van der Waals surface area contributed by atoms with E-state index in [1.54, 1.807) is 13.1 Å². The van der Waals surface area contributed by atoms with Crippen LogP contribution in [0, 0.1) is 11.6 Å². The van der Waals surface area contributed by atoms with Crippen molar-refractivity contribution in [1.29, 1.82) is 0 Å². The molecule has 0 unspecified atom stereocenters. The van der Waals surface area contributed by atoms with E-state index in [-0.39, 0.29) is 0 Å². The number of aryl methyl sites for hydroxylation is 1. The molecule has 2 aromatic heterocycles. The molecule has 6 heteroatoms. The van der Waals surface area contributed by atoms with Crippen molar-refractivity contribution in [1.82, 2.24) is 15.0 Å². The van der Waals surface area contributed by atoms with Crippen LogP contribution >= 0.6 is 28.1 Å². The number of rotatable bonds is 1. The number of nitrogens with zero attached hydrogens (tertiary/aromatic N) is 2. The van der Waals surface area contributed by atoms with Gasteiger partial charge >= 0.3 is 0 Å². The Hall–Kier alpha value is -1.01. The molecule has 0 spiro atoms. The van der Waals surface area contributed by atoms with E-state index < -0.39 is 0 Å². The van der Waals surface area contributed by atoms with Gasteiger partial charge in [-0.05, 0) is 15.9 Å². The van der Waals surface area contributed by atoms with Crippen LogP contribution in [0.2, 0.25) is 0 Å². The third-order valence-electron chi connectivity index (χ3n) is 1.62. The highest BCUT2D eigenvalue weighted by atomic mass is 79.9. The van der Waals surface area contributed by atoms with E-state index in [1.165, 1.54) is 6.26 Å². The van der Waals surface area contributed by atoms with Crippen molar-refractivity contribution < 1.29 is 4.42 Å². The highest BCUT2D eigenvalue weighted by molar-refractivity contribution is 9.10. The number of hydrogen-bond acceptors (Lipinski definition) is 4. The highest BCUT2D eigenvalue weighted by Crippen LogP contribution is 2.16. The van der Waals surface area contributed by atoms with Gasteiger partial charge in [0.15, 0.2) is 11.7 Å². The number of halogens is 1. The summed E-state index contributed by atoms with van der Waals surface area (Å²) in [5, 5.41) is 0. The second-order valence-electron chi connectivity index (χ2n) is 2.66. The average Bonchev–Trinajstić information content (AvgIpc) is 2.57. The first-order chi connectivity index (χ1) is 6.66. The van der Waals surface area contributed by atoms with Crippen LogP contribution in [0.3, 0.4) is 0 Å². The molecule has 0 amide bonds. The molecule has 72 valence electrons. The molecule has 14 heavy (non-hydrogen) atoms. The maximum absolute atomic E-state index is 5.07. The molecule has 0 saturated carbocycles. The largest absolute Gasteiger partial charge is 0.449 e. The Labute approximate surface area is 93.5 Å². The lowest BCUT2D eigenvalue weighted by Crippen LogP contribution is -1.89. The van der Waals surface area contributed by atoms with Crippen LogP contribution in [0.15, 0.2) is 21.3 Å². The molecule has 0 aliphatic heterocycles. The Balaban J connectivity index is 2.53. The summed E-state index contributed by atoms with van der Waals surface area (Å²) >= 11 is 8.31. The summed E-state index contributed by atoms with van der Waals surface area (Å²) in [6.07, 6.45) is 3.18. The summed E-state index contributed by atoms with van der Waals surface area (Å²) in [5.41, 5.74) is 0.654. The van der Waals surface area contributed by atoms with Crippen LogP contribution in [-0.4, -0.2) is 15.0 Å². The fourth-order valence-electron chi connectivity index (χ4n) is 0.982. The van der Waals surface area contributed by atoms with Gasteiger partial charge in [0.25, 0.3) is 0 Å². The normalized spacial score (nSPS) is 10.4. The van der Waals surface area contributed by atoms with Gasteiger partial charge in [0.1, 0.15) is 16.6 Å². The van der Waals surface area contributed by atoms with E-state index in [4.69, 9.17) is 16.6 Å². The third kappa shape index (κ3) is 1.76. The summed E-state index contributed by atoms with van der Waals surface area (Å²) in [6, 6.07) is 0. The van der Waals surface area contributed by atoms with Crippen LogP contribution in [0.1, 0.15) is 5.89 Å². The molecule has 0 aliphatic rings. The zero-order chi connectivity index (χ0) is 10.1. The maximum Gasteiger partial charge on any atom is 0.191 e. The predicted octanol–water partition coefficient (Wildman–Crippen LogP) is 2.87. The van der Waals surface area contributed by atoms with Crippen LogP contribution < -0.4 is 0 Å². The van der Waals surface area contributed by atoms with Crippen LogP contribution in [-0.2, 0) is 0 Å². The Morgan fingerprint density at radius 2 is 2.36 bits per heavy atom. The first-order valence-electron chi connectivity index (χ1n) is 3.84. The summed E-state index contributed by atoms with van der Waals surface area (Å²) in [6.45, 7) is 1.77. The molecule has 0 aromatic carbocycles. The monoisotopic (exact) mass is 271 g/mol. The van der Waals surface area contributed by atoms with Crippen molar-refractivity contribution in [3.05, 3.63) is 27.5 Å². The molecule has 0 saturated heterocycles. The molecular weight excluding hydrogens is 266 g/mol. The molecule has 0 bridgehead atoms. The lowest BCUT2D eigenvalue weighted by molar-refractivity contribution is 0.521. The second-order valence-corrected chi connectivity index (χ2v) is 3.92. The Morgan fingerprint density at radius 1 is 1.57 bits per heavy atom.